The van der Waals surface area contributed by atoms with E-state index in [1.807, 2.05) is 6.92 Å². The number of hydrogen-bond donors (Lipinski definition) is 1. The first-order valence-corrected chi connectivity index (χ1v) is 8.05. The fourth-order valence-electron chi connectivity index (χ4n) is 3.82. The van der Waals surface area contributed by atoms with Crippen LogP contribution in [0.25, 0.3) is 0 Å². The van der Waals surface area contributed by atoms with Crippen molar-refractivity contribution in [1.82, 2.24) is 9.97 Å². The average Bonchev–Trinajstić information content (AvgIpc) is 2.88. The normalized spacial score (nSPS) is 21.4. The van der Waals surface area contributed by atoms with Gasteiger partial charge < -0.3 is 10.2 Å². The van der Waals surface area contributed by atoms with E-state index in [9.17, 15) is 0 Å². The van der Waals surface area contributed by atoms with Gasteiger partial charge in [0.1, 0.15) is 17.5 Å². The molecule has 1 saturated carbocycles. The van der Waals surface area contributed by atoms with Gasteiger partial charge in [-0.2, -0.15) is 0 Å². The number of nitrogens with one attached hydrogen (secondary N) is 1. The largest absolute Gasteiger partial charge is 0.370 e. The molecule has 1 aliphatic carbocycles. The third kappa shape index (κ3) is 2.74. The van der Waals surface area contributed by atoms with E-state index in [4.69, 9.17) is 0 Å². The first kappa shape index (κ1) is 13.7. The summed E-state index contributed by atoms with van der Waals surface area (Å²) in [5.41, 5.74) is 0.670. The highest BCUT2D eigenvalue weighted by Gasteiger charge is 2.37. The summed E-state index contributed by atoms with van der Waals surface area (Å²) in [6.45, 7) is 7.29. The molecule has 2 heterocycles. The molecule has 0 atom stereocenters. The van der Waals surface area contributed by atoms with Crippen LogP contribution in [0.4, 0.5) is 11.6 Å². The molecule has 1 aliphatic heterocycles. The molecule has 3 rings (SSSR count). The van der Waals surface area contributed by atoms with Gasteiger partial charge in [-0.1, -0.05) is 12.8 Å². The summed E-state index contributed by atoms with van der Waals surface area (Å²) in [4.78, 5) is 11.5. The summed E-state index contributed by atoms with van der Waals surface area (Å²) in [5, 5.41) is 3.30. The van der Waals surface area contributed by atoms with Crippen molar-refractivity contribution >= 4 is 11.6 Å². The van der Waals surface area contributed by atoms with E-state index < -0.39 is 0 Å². The molecule has 1 spiro atoms. The molecule has 1 aromatic rings. The zero-order valence-electron chi connectivity index (χ0n) is 12.8. The van der Waals surface area contributed by atoms with E-state index in [2.05, 4.69) is 33.2 Å². The number of piperidine rings is 1. The molecule has 4 nitrogen and oxygen atoms in total. The van der Waals surface area contributed by atoms with Crippen LogP contribution in [0, 0.1) is 12.3 Å². The molecular formula is C16H26N4. The van der Waals surface area contributed by atoms with Crippen LogP contribution < -0.4 is 10.2 Å². The van der Waals surface area contributed by atoms with Gasteiger partial charge in [-0.25, -0.2) is 9.97 Å². The first-order chi connectivity index (χ1) is 9.71. The smallest absolute Gasteiger partial charge is 0.134 e. The molecule has 1 N–H and O–H groups in total. The molecule has 0 bridgehead atoms. The van der Waals surface area contributed by atoms with Crippen molar-refractivity contribution < 1.29 is 0 Å². The molecule has 0 unspecified atom stereocenters. The number of aryl methyl sites for hydroxylation is 1. The maximum Gasteiger partial charge on any atom is 0.134 e. The van der Waals surface area contributed by atoms with Crippen LogP contribution >= 0.6 is 0 Å². The summed E-state index contributed by atoms with van der Waals surface area (Å²) < 4.78 is 0. The Morgan fingerprint density at radius 2 is 1.85 bits per heavy atom. The summed E-state index contributed by atoms with van der Waals surface area (Å²) in [5.74, 6) is 2.91. The highest BCUT2D eigenvalue weighted by molar-refractivity contribution is 5.49. The van der Waals surface area contributed by atoms with Gasteiger partial charge in [-0.3, -0.25) is 0 Å². The van der Waals surface area contributed by atoms with Gasteiger partial charge in [0, 0.05) is 25.7 Å². The van der Waals surface area contributed by atoms with Crippen LogP contribution in [-0.2, 0) is 0 Å². The van der Waals surface area contributed by atoms with Crippen LogP contribution in [-0.4, -0.2) is 29.6 Å². The summed E-state index contributed by atoms with van der Waals surface area (Å²) in [7, 11) is 0. The highest BCUT2D eigenvalue weighted by Crippen LogP contribution is 2.46. The number of aromatic nitrogens is 2. The second-order valence-corrected chi connectivity index (χ2v) is 6.38. The average molecular weight is 274 g/mol. The van der Waals surface area contributed by atoms with Gasteiger partial charge in [-0.05, 0) is 44.9 Å². The molecule has 4 heteroatoms. The van der Waals surface area contributed by atoms with Gasteiger partial charge >= 0.3 is 0 Å². The third-order valence-electron chi connectivity index (χ3n) is 4.99. The lowest BCUT2D eigenvalue weighted by atomic mass is 9.77. The zero-order chi connectivity index (χ0) is 14.0. The van der Waals surface area contributed by atoms with Crippen molar-refractivity contribution in [3.05, 3.63) is 11.9 Å². The van der Waals surface area contributed by atoms with Gasteiger partial charge in [0.05, 0.1) is 0 Å². The molecule has 20 heavy (non-hydrogen) atoms. The van der Waals surface area contributed by atoms with Crippen molar-refractivity contribution in [1.29, 1.82) is 0 Å². The summed E-state index contributed by atoms with van der Waals surface area (Å²) >= 11 is 0. The van der Waals surface area contributed by atoms with Gasteiger partial charge in [0.15, 0.2) is 0 Å². The lowest BCUT2D eigenvalue weighted by molar-refractivity contribution is 0.226. The Morgan fingerprint density at radius 3 is 2.50 bits per heavy atom. The Bertz CT molecular complexity index is 456. The Balaban J connectivity index is 1.71. The predicted molar refractivity (Wildman–Crippen MR) is 83.3 cm³/mol. The van der Waals surface area contributed by atoms with Crippen molar-refractivity contribution in [2.24, 2.45) is 5.41 Å². The van der Waals surface area contributed by atoms with Gasteiger partial charge in [0.25, 0.3) is 0 Å². The molecule has 2 aliphatic rings. The standard InChI is InChI=1S/C16H26N4/c1-3-17-14-12-15(19-13(2)18-14)20-10-8-16(9-11-20)6-4-5-7-16/h12H,3-11H2,1-2H3,(H,17,18,19). The number of nitrogens with zero attached hydrogens (tertiary/aromatic N) is 3. The van der Waals surface area contributed by atoms with E-state index in [0.29, 0.717) is 5.41 Å². The van der Waals surface area contributed by atoms with Crippen LogP contribution in [0.3, 0.4) is 0 Å². The summed E-state index contributed by atoms with van der Waals surface area (Å²) in [6.07, 6.45) is 8.46. The molecule has 0 radical (unpaired) electrons. The van der Waals surface area contributed by atoms with Crippen molar-refractivity contribution in [2.75, 3.05) is 29.9 Å². The first-order valence-electron chi connectivity index (χ1n) is 8.05. The monoisotopic (exact) mass is 274 g/mol. The minimum Gasteiger partial charge on any atom is -0.370 e. The predicted octanol–water partition coefficient (Wildman–Crippen LogP) is 3.38. The van der Waals surface area contributed by atoms with Crippen molar-refractivity contribution in [3.63, 3.8) is 0 Å². The molecular weight excluding hydrogens is 248 g/mol. The Kier molecular flexibility index (Phi) is 3.81. The third-order valence-corrected chi connectivity index (χ3v) is 4.99. The Morgan fingerprint density at radius 1 is 1.15 bits per heavy atom. The number of rotatable bonds is 3. The Labute approximate surface area is 122 Å². The topological polar surface area (TPSA) is 41.0 Å². The number of hydrogen-bond acceptors (Lipinski definition) is 4. The molecule has 2 fully saturated rings. The fourth-order valence-corrected chi connectivity index (χ4v) is 3.82. The van der Waals surface area contributed by atoms with Gasteiger partial charge in [-0.15, -0.1) is 0 Å². The van der Waals surface area contributed by atoms with E-state index in [1.165, 1.54) is 38.5 Å². The molecule has 1 saturated heterocycles. The van der Waals surface area contributed by atoms with E-state index in [1.54, 1.807) is 0 Å². The minimum absolute atomic E-state index is 0.670. The SMILES string of the molecule is CCNc1cc(N2CCC3(CCCC3)CC2)nc(C)n1. The fraction of sp³-hybridized carbons (Fsp3) is 0.750. The van der Waals surface area contributed by atoms with E-state index in [-0.39, 0.29) is 0 Å². The number of anilines is 2. The van der Waals surface area contributed by atoms with Crippen LogP contribution in [0.15, 0.2) is 6.07 Å². The highest BCUT2D eigenvalue weighted by atomic mass is 15.2. The van der Waals surface area contributed by atoms with Crippen LogP contribution in [0.1, 0.15) is 51.3 Å². The molecule has 1 aromatic heterocycles. The van der Waals surface area contributed by atoms with Gasteiger partial charge in [0.2, 0.25) is 0 Å². The Hall–Kier alpha value is -1.32. The maximum absolute atomic E-state index is 4.63. The van der Waals surface area contributed by atoms with Crippen LogP contribution in [0.2, 0.25) is 0 Å². The quantitative estimate of drug-likeness (QED) is 0.917. The van der Waals surface area contributed by atoms with Crippen molar-refractivity contribution in [2.45, 2.75) is 52.4 Å². The zero-order valence-corrected chi connectivity index (χ0v) is 12.8. The molecule has 0 aromatic carbocycles. The lowest BCUT2D eigenvalue weighted by Crippen LogP contribution is -2.39. The molecule has 110 valence electrons. The maximum atomic E-state index is 4.63. The second-order valence-electron chi connectivity index (χ2n) is 6.38. The van der Waals surface area contributed by atoms with E-state index >= 15 is 0 Å². The molecule has 0 amide bonds. The summed E-state index contributed by atoms with van der Waals surface area (Å²) in [6, 6.07) is 2.10. The van der Waals surface area contributed by atoms with Crippen molar-refractivity contribution in [3.8, 4) is 0 Å². The van der Waals surface area contributed by atoms with Crippen LogP contribution in [0.5, 0.6) is 0 Å². The minimum atomic E-state index is 0.670. The second kappa shape index (κ2) is 5.58. The lowest BCUT2D eigenvalue weighted by Gasteiger charge is -2.40. The van der Waals surface area contributed by atoms with E-state index in [0.717, 1.165) is 37.1 Å².